The molecule has 0 spiro atoms. The maximum Gasteiger partial charge on any atom is 0.288 e. The molecule has 1 aliphatic rings. The number of primary amides is 1. The molecular weight excluding hydrogens is 228 g/mol. The third-order valence-corrected chi connectivity index (χ3v) is 2.66. The Morgan fingerprint density at radius 3 is 3.00 bits per heavy atom. The average molecular weight is 240 g/mol. The number of carbonyl (C=O) groups excluding carboxylic acids is 2. The fourth-order valence-electron chi connectivity index (χ4n) is 1.76. The number of rotatable bonds is 4. The van der Waals surface area contributed by atoms with Gasteiger partial charge in [0.15, 0.2) is 6.23 Å². The predicted octanol–water partition coefficient (Wildman–Crippen LogP) is -1.53. The van der Waals surface area contributed by atoms with Gasteiger partial charge in [0.2, 0.25) is 5.82 Å². The van der Waals surface area contributed by atoms with Gasteiger partial charge >= 0.3 is 0 Å². The highest BCUT2D eigenvalue weighted by atomic mass is 16.5. The van der Waals surface area contributed by atoms with Crippen LogP contribution in [0.25, 0.3) is 0 Å². The van der Waals surface area contributed by atoms with Gasteiger partial charge in [0, 0.05) is 12.3 Å². The molecule has 3 N–H and O–H groups in total. The van der Waals surface area contributed by atoms with Crippen LogP contribution in [0.15, 0.2) is 6.33 Å². The molecule has 0 radical (unpaired) electrons. The van der Waals surface area contributed by atoms with E-state index in [1.54, 1.807) is 0 Å². The van der Waals surface area contributed by atoms with E-state index in [1.165, 1.54) is 11.0 Å². The summed E-state index contributed by atoms with van der Waals surface area (Å²) in [4.78, 5) is 25.3. The molecule has 1 fully saturated rings. The highest BCUT2D eigenvalue weighted by molar-refractivity contribution is 5.88. The van der Waals surface area contributed by atoms with E-state index in [1.807, 2.05) is 0 Å². The van der Waals surface area contributed by atoms with Crippen molar-refractivity contribution in [1.82, 2.24) is 14.8 Å². The van der Waals surface area contributed by atoms with Crippen molar-refractivity contribution in [2.24, 2.45) is 11.7 Å². The van der Waals surface area contributed by atoms with Crippen molar-refractivity contribution in [2.45, 2.75) is 18.8 Å². The predicted molar refractivity (Wildman–Crippen MR) is 53.7 cm³/mol. The van der Waals surface area contributed by atoms with Crippen molar-refractivity contribution in [2.75, 3.05) is 6.61 Å². The number of aromatic nitrogens is 3. The monoisotopic (exact) mass is 240 g/mol. The fourth-order valence-corrected chi connectivity index (χ4v) is 1.76. The number of carbonyl (C=O) groups is 2. The molecular formula is C9H12N4O4. The van der Waals surface area contributed by atoms with Crippen molar-refractivity contribution in [3.63, 3.8) is 0 Å². The van der Waals surface area contributed by atoms with E-state index in [-0.39, 0.29) is 18.3 Å². The molecule has 92 valence electrons. The van der Waals surface area contributed by atoms with Gasteiger partial charge in [-0.05, 0) is 0 Å². The van der Waals surface area contributed by atoms with Crippen LogP contribution in [-0.2, 0) is 9.53 Å². The molecule has 2 rings (SSSR count). The first kappa shape index (κ1) is 11.7. The van der Waals surface area contributed by atoms with Crippen molar-refractivity contribution in [1.29, 1.82) is 0 Å². The molecule has 0 aromatic carbocycles. The standard InChI is InChI=1S/C9H12N4O4/c10-8(16)9-11-4-13(12-9)7-1-5(2-14)6(3-15)17-7/h2,4-7,15H,1,3H2,(H2,10,16)/t5?,6-,7-/m1/s1. The Bertz CT molecular complexity index is 432. The zero-order valence-electron chi connectivity index (χ0n) is 8.89. The lowest BCUT2D eigenvalue weighted by atomic mass is 10.0. The second-order valence-corrected chi connectivity index (χ2v) is 3.76. The number of amides is 1. The zero-order chi connectivity index (χ0) is 12.4. The molecule has 1 amide bonds. The average Bonchev–Trinajstić information content (AvgIpc) is 2.94. The Balaban J connectivity index is 2.13. The summed E-state index contributed by atoms with van der Waals surface area (Å²) in [5, 5.41) is 12.9. The smallest absolute Gasteiger partial charge is 0.288 e. The maximum atomic E-state index is 10.8. The van der Waals surface area contributed by atoms with E-state index in [4.69, 9.17) is 15.6 Å². The first-order valence-electron chi connectivity index (χ1n) is 5.08. The van der Waals surface area contributed by atoms with E-state index in [0.29, 0.717) is 6.42 Å². The molecule has 0 bridgehead atoms. The highest BCUT2D eigenvalue weighted by Gasteiger charge is 2.36. The Labute approximate surface area is 96.4 Å². The molecule has 0 saturated carbocycles. The van der Waals surface area contributed by atoms with Crippen molar-refractivity contribution in [3.8, 4) is 0 Å². The van der Waals surface area contributed by atoms with Gasteiger partial charge in [0.05, 0.1) is 12.7 Å². The Morgan fingerprint density at radius 1 is 1.76 bits per heavy atom. The molecule has 1 aliphatic heterocycles. The first-order chi connectivity index (χ1) is 8.15. The van der Waals surface area contributed by atoms with Gasteiger partial charge in [0.25, 0.3) is 5.91 Å². The van der Waals surface area contributed by atoms with Gasteiger partial charge in [-0.15, -0.1) is 5.10 Å². The summed E-state index contributed by atoms with van der Waals surface area (Å²) in [6, 6.07) is 0. The molecule has 8 heteroatoms. The van der Waals surface area contributed by atoms with E-state index in [9.17, 15) is 9.59 Å². The number of hydrogen-bond acceptors (Lipinski definition) is 6. The molecule has 2 heterocycles. The van der Waals surface area contributed by atoms with Crippen LogP contribution in [0.4, 0.5) is 0 Å². The lowest BCUT2D eigenvalue weighted by Crippen LogP contribution is -2.21. The van der Waals surface area contributed by atoms with Crippen LogP contribution in [0.3, 0.4) is 0 Å². The summed E-state index contributed by atoms with van der Waals surface area (Å²) >= 11 is 0. The molecule has 1 aromatic rings. The summed E-state index contributed by atoms with van der Waals surface area (Å²) in [7, 11) is 0. The molecule has 8 nitrogen and oxygen atoms in total. The highest BCUT2D eigenvalue weighted by Crippen LogP contribution is 2.31. The van der Waals surface area contributed by atoms with Crippen LogP contribution < -0.4 is 5.73 Å². The summed E-state index contributed by atoms with van der Waals surface area (Å²) in [6.45, 7) is -0.239. The molecule has 0 aliphatic carbocycles. The number of hydrogen-bond donors (Lipinski definition) is 2. The van der Waals surface area contributed by atoms with Crippen molar-refractivity contribution < 1.29 is 19.4 Å². The van der Waals surface area contributed by atoms with Gasteiger partial charge in [0.1, 0.15) is 12.6 Å². The summed E-state index contributed by atoms with van der Waals surface area (Å²) in [6.07, 6.45) is 1.39. The number of ether oxygens (including phenoxy) is 1. The van der Waals surface area contributed by atoms with Crippen LogP contribution in [-0.4, -0.2) is 44.8 Å². The van der Waals surface area contributed by atoms with Gasteiger partial charge in [-0.3, -0.25) is 4.79 Å². The second kappa shape index (κ2) is 4.60. The number of nitrogens with two attached hydrogens (primary N) is 1. The quantitative estimate of drug-likeness (QED) is 0.616. The maximum absolute atomic E-state index is 10.8. The molecule has 1 aromatic heterocycles. The van der Waals surface area contributed by atoms with E-state index in [2.05, 4.69) is 10.1 Å². The fraction of sp³-hybridized carbons (Fsp3) is 0.556. The van der Waals surface area contributed by atoms with Crippen LogP contribution >= 0.6 is 0 Å². The molecule has 1 saturated heterocycles. The van der Waals surface area contributed by atoms with Crippen molar-refractivity contribution >= 4 is 12.2 Å². The zero-order valence-corrected chi connectivity index (χ0v) is 8.89. The summed E-state index contributed by atoms with van der Waals surface area (Å²) in [5.41, 5.74) is 5.02. The number of nitrogens with zero attached hydrogens (tertiary/aromatic N) is 3. The lowest BCUT2D eigenvalue weighted by molar-refractivity contribution is -0.113. The Kier molecular flexibility index (Phi) is 3.16. The van der Waals surface area contributed by atoms with Crippen LogP contribution in [0.1, 0.15) is 23.3 Å². The first-order valence-corrected chi connectivity index (χ1v) is 5.08. The summed E-state index contributed by atoms with van der Waals surface area (Å²) < 4.78 is 6.75. The van der Waals surface area contributed by atoms with E-state index >= 15 is 0 Å². The third kappa shape index (κ3) is 2.17. The van der Waals surface area contributed by atoms with E-state index in [0.717, 1.165) is 6.29 Å². The minimum atomic E-state index is -0.729. The van der Waals surface area contributed by atoms with E-state index < -0.39 is 18.2 Å². The largest absolute Gasteiger partial charge is 0.394 e. The van der Waals surface area contributed by atoms with Crippen LogP contribution in [0, 0.1) is 5.92 Å². The SMILES string of the molecule is NC(=O)c1ncn([C@H]2CC(C=O)[C@@H](CO)O2)n1. The van der Waals surface area contributed by atoms with Gasteiger partial charge < -0.3 is 20.4 Å². The second-order valence-electron chi connectivity index (χ2n) is 3.76. The van der Waals surface area contributed by atoms with Crippen LogP contribution in [0.2, 0.25) is 0 Å². The Morgan fingerprint density at radius 2 is 2.53 bits per heavy atom. The molecule has 17 heavy (non-hydrogen) atoms. The normalized spacial score (nSPS) is 28.2. The lowest BCUT2D eigenvalue weighted by Gasteiger charge is -2.11. The molecule has 1 unspecified atom stereocenters. The van der Waals surface area contributed by atoms with Gasteiger partial charge in [-0.2, -0.15) is 0 Å². The van der Waals surface area contributed by atoms with Crippen molar-refractivity contribution in [3.05, 3.63) is 12.2 Å². The number of aliphatic hydroxyl groups is 1. The molecule has 3 atom stereocenters. The third-order valence-electron chi connectivity index (χ3n) is 2.66. The minimum Gasteiger partial charge on any atom is -0.394 e. The number of aldehydes is 1. The summed E-state index contributed by atoms with van der Waals surface area (Å²) in [5.74, 6) is -1.22. The van der Waals surface area contributed by atoms with Gasteiger partial charge in [-0.25, -0.2) is 9.67 Å². The van der Waals surface area contributed by atoms with Crippen LogP contribution in [0.5, 0.6) is 0 Å². The topological polar surface area (TPSA) is 120 Å². The number of aliphatic hydroxyl groups excluding tert-OH is 1. The minimum absolute atomic E-state index is 0.108. The van der Waals surface area contributed by atoms with Gasteiger partial charge in [-0.1, -0.05) is 0 Å². The Hall–Kier alpha value is -1.80.